The zero-order valence-electron chi connectivity index (χ0n) is 19.0. The molecular weight excluding hydrogens is 418 g/mol. The largest absolute Gasteiger partial charge is 0.485 e. The minimum absolute atomic E-state index is 0.0811. The standard InChI is InChI=1S/C25H27N5O3/c1-16-6-7-17(12-27-16)10-18(31)13-30(2)25-21-4-3-5-22(21)28-24(29-25)23-11-19(8-9-26-23)33-20-14-32-15-20/h6-9,11-12,20H,3-5,10,13-15H2,1-2H3. The van der Waals surface area contributed by atoms with Crippen LogP contribution in [0.25, 0.3) is 11.5 Å². The number of pyridine rings is 2. The Kier molecular flexibility index (Phi) is 6.00. The van der Waals surface area contributed by atoms with Crippen LogP contribution >= 0.6 is 0 Å². The van der Waals surface area contributed by atoms with Gasteiger partial charge in [-0.1, -0.05) is 6.07 Å². The number of carbonyl (C=O) groups excluding carboxylic acids is 1. The van der Waals surface area contributed by atoms with Crippen LogP contribution in [0.4, 0.5) is 5.82 Å². The molecule has 1 aliphatic carbocycles. The van der Waals surface area contributed by atoms with E-state index in [1.807, 2.05) is 43.1 Å². The van der Waals surface area contributed by atoms with Crippen LogP contribution in [0.15, 0.2) is 36.7 Å². The SMILES string of the molecule is Cc1ccc(CC(=O)CN(C)c2nc(-c3cc(OC4COC4)ccn3)nc3c2CCC3)cn1. The Morgan fingerprint density at radius 1 is 1.18 bits per heavy atom. The van der Waals surface area contributed by atoms with Crippen molar-refractivity contribution in [2.45, 2.75) is 38.7 Å². The number of anilines is 1. The smallest absolute Gasteiger partial charge is 0.180 e. The molecule has 0 radical (unpaired) electrons. The molecule has 33 heavy (non-hydrogen) atoms. The number of likely N-dealkylation sites (N-methyl/N-ethyl adjacent to an activating group) is 1. The van der Waals surface area contributed by atoms with Crippen molar-refractivity contribution in [3.8, 4) is 17.3 Å². The van der Waals surface area contributed by atoms with Crippen molar-refractivity contribution in [2.75, 3.05) is 31.7 Å². The summed E-state index contributed by atoms with van der Waals surface area (Å²) in [4.78, 5) is 33.1. The molecule has 1 fully saturated rings. The van der Waals surface area contributed by atoms with Gasteiger partial charge in [-0.05, 0) is 43.9 Å². The van der Waals surface area contributed by atoms with E-state index >= 15 is 0 Å². The van der Waals surface area contributed by atoms with Crippen LogP contribution in [0.2, 0.25) is 0 Å². The average molecular weight is 446 g/mol. The quantitative estimate of drug-likeness (QED) is 0.523. The molecule has 0 amide bonds. The van der Waals surface area contributed by atoms with E-state index < -0.39 is 0 Å². The highest BCUT2D eigenvalue weighted by Gasteiger charge is 2.24. The van der Waals surface area contributed by atoms with Gasteiger partial charge in [0.1, 0.15) is 23.4 Å². The number of fused-ring (bicyclic) bond motifs is 1. The van der Waals surface area contributed by atoms with Crippen LogP contribution in [0, 0.1) is 6.92 Å². The molecule has 3 aromatic heterocycles. The lowest BCUT2D eigenvalue weighted by molar-refractivity contribution is -0.117. The number of carbonyl (C=O) groups is 1. The van der Waals surface area contributed by atoms with E-state index in [2.05, 4.69) is 9.97 Å². The lowest BCUT2D eigenvalue weighted by atomic mass is 10.1. The molecule has 0 aromatic carbocycles. The monoisotopic (exact) mass is 445 g/mol. The molecule has 8 heteroatoms. The average Bonchev–Trinajstić information content (AvgIpc) is 3.26. The van der Waals surface area contributed by atoms with Crippen LogP contribution in [0.3, 0.4) is 0 Å². The van der Waals surface area contributed by atoms with Gasteiger partial charge in [-0.15, -0.1) is 0 Å². The minimum Gasteiger partial charge on any atom is -0.485 e. The third-order valence-electron chi connectivity index (χ3n) is 5.93. The molecule has 0 N–H and O–H groups in total. The molecule has 1 saturated heterocycles. The zero-order chi connectivity index (χ0) is 22.8. The molecule has 3 aromatic rings. The number of nitrogens with zero attached hydrogens (tertiary/aromatic N) is 5. The first-order chi connectivity index (χ1) is 16.0. The fraction of sp³-hybridized carbons (Fsp3) is 0.400. The predicted octanol–water partition coefficient (Wildman–Crippen LogP) is 2.76. The van der Waals surface area contributed by atoms with Crippen LogP contribution in [-0.2, 0) is 28.8 Å². The van der Waals surface area contributed by atoms with Crippen molar-refractivity contribution in [1.29, 1.82) is 0 Å². The number of rotatable bonds is 8. The van der Waals surface area contributed by atoms with Crippen molar-refractivity contribution >= 4 is 11.6 Å². The van der Waals surface area contributed by atoms with E-state index in [4.69, 9.17) is 19.4 Å². The third kappa shape index (κ3) is 4.85. The molecule has 5 rings (SSSR count). The Balaban J connectivity index is 1.37. The van der Waals surface area contributed by atoms with Crippen LogP contribution in [0.1, 0.15) is 28.9 Å². The van der Waals surface area contributed by atoms with Gasteiger partial charge in [0.2, 0.25) is 0 Å². The van der Waals surface area contributed by atoms with Crippen molar-refractivity contribution in [1.82, 2.24) is 19.9 Å². The van der Waals surface area contributed by atoms with Crippen LogP contribution < -0.4 is 9.64 Å². The number of ether oxygens (including phenoxy) is 2. The van der Waals surface area contributed by atoms with Gasteiger partial charge in [0, 0.05) is 48.9 Å². The number of hydrogen-bond donors (Lipinski definition) is 0. The molecule has 170 valence electrons. The van der Waals surface area contributed by atoms with Crippen molar-refractivity contribution in [3.63, 3.8) is 0 Å². The highest BCUT2D eigenvalue weighted by Crippen LogP contribution is 2.31. The summed E-state index contributed by atoms with van der Waals surface area (Å²) in [5, 5.41) is 0. The summed E-state index contributed by atoms with van der Waals surface area (Å²) in [6, 6.07) is 7.59. The Hall–Kier alpha value is -3.39. The molecule has 0 spiro atoms. The summed E-state index contributed by atoms with van der Waals surface area (Å²) < 4.78 is 11.1. The van der Waals surface area contributed by atoms with Crippen molar-refractivity contribution in [2.24, 2.45) is 0 Å². The first kappa shape index (κ1) is 21.5. The van der Waals surface area contributed by atoms with Crippen molar-refractivity contribution in [3.05, 3.63) is 59.2 Å². The lowest BCUT2D eigenvalue weighted by Gasteiger charge is -2.26. The molecule has 4 heterocycles. The number of hydrogen-bond acceptors (Lipinski definition) is 8. The van der Waals surface area contributed by atoms with Gasteiger partial charge in [0.25, 0.3) is 0 Å². The highest BCUT2D eigenvalue weighted by molar-refractivity contribution is 5.85. The summed E-state index contributed by atoms with van der Waals surface area (Å²) in [6.07, 6.45) is 6.78. The number of aromatic nitrogens is 4. The Bertz CT molecular complexity index is 1160. The summed E-state index contributed by atoms with van der Waals surface area (Å²) in [5.74, 6) is 2.21. The summed E-state index contributed by atoms with van der Waals surface area (Å²) in [6.45, 7) is 3.42. The van der Waals surface area contributed by atoms with E-state index in [1.54, 1.807) is 12.4 Å². The third-order valence-corrected chi connectivity index (χ3v) is 5.93. The van der Waals surface area contributed by atoms with Crippen LogP contribution in [0.5, 0.6) is 5.75 Å². The zero-order valence-corrected chi connectivity index (χ0v) is 19.0. The van der Waals surface area contributed by atoms with Gasteiger partial charge >= 0.3 is 0 Å². The Morgan fingerprint density at radius 3 is 2.82 bits per heavy atom. The molecule has 0 saturated carbocycles. The fourth-order valence-corrected chi connectivity index (χ4v) is 4.15. The molecule has 0 unspecified atom stereocenters. The van der Waals surface area contributed by atoms with Gasteiger partial charge in [0.05, 0.1) is 19.8 Å². The maximum absolute atomic E-state index is 12.8. The van der Waals surface area contributed by atoms with E-state index in [0.717, 1.165) is 53.3 Å². The summed E-state index contributed by atoms with van der Waals surface area (Å²) in [5.41, 5.74) is 4.69. The van der Waals surface area contributed by atoms with E-state index in [-0.39, 0.29) is 18.4 Å². The highest BCUT2D eigenvalue weighted by atomic mass is 16.6. The fourth-order valence-electron chi connectivity index (χ4n) is 4.15. The van der Waals surface area contributed by atoms with Gasteiger partial charge in [-0.3, -0.25) is 14.8 Å². The second kappa shape index (κ2) is 9.23. The molecule has 0 bridgehead atoms. The first-order valence-electron chi connectivity index (χ1n) is 11.3. The number of aryl methyl sites for hydroxylation is 2. The maximum atomic E-state index is 12.8. The molecule has 8 nitrogen and oxygen atoms in total. The van der Waals surface area contributed by atoms with Gasteiger partial charge in [0.15, 0.2) is 11.6 Å². The van der Waals surface area contributed by atoms with Crippen LogP contribution in [-0.4, -0.2) is 58.6 Å². The molecule has 1 aliphatic heterocycles. The minimum atomic E-state index is 0.0811. The number of ketones is 1. The Labute approximate surface area is 193 Å². The first-order valence-corrected chi connectivity index (χ1v) is 11.3. The van der Waals surface area contributed by atoms with E-state index in [0.29, 0.717) is 31.2 Å². The second-order valence-corrected chi connectivity index (χ2v) is 8.68. The van der Waals surface area contributed by atoms with Gasteiger partial charge < -0.3 is 14.4 Å². The van der Waals surface area contributed by atoms with Gasteiger partial charge in [-0.2, -0.15) is 0 Å². The summed E-state index contributed by atoms with van der Waals surface area (Å²) >= 11 is 0. The topological polar surface area (TPSA) is 90.3 Å². The van der Waals surface area contributed by atoms with E-state index in [9.17, 15) is 4.79 Å². The predicted molar refractivity (Wildman–Crippen MR) is 123 cm³/mol. The van der Waals surface area contributed by atoms with Gasteiger partial charge in [-0.25, -0.2) is 9.97 Å². The maximum Gasteiger partial charge on any atom is 0.180 e. The molecular formula is C25H27N5O3. The number of Topliss-reactive ketones (excluding diaryl/α,β-unsaturated/α-hetero) is 1. The second-order valence-electron chi connectivity index (χ2n) is 8.68. The molecule has 2 aliphatic rings. The summed E-state index contributed by atoms with van der Waals surface area (Å²) in [7, 11) is 1.92. The van der Waals surface area contributed by atoms with Crippen molar-refractivity contribution < 1.29 is 14.3 Å². The normalized spacial score (nSPS) is 15.1. The molecule has 0 atom stereocenters. The lowest BCUT2D eigenvalue weighted by Crippen LogP contribution is -2.38. The van der Waals surface area contributed by atoms with E-state index in [1.165, 1.54) is 0 Å². The Morgan fingerprint density at radius 2 is 2.06 bits per heavy atom.